The molecular weight excluding hydrogens is 232 g/mol. The van der Waals surface area contributed by atoms with Gasteiger partial charge in [0.25, 0.3) is 0 Å². The molecule has 1 aliphatic heterocycles. The summed E-state index contributed by atoms with van der Waals surface area (Å²) in [4.78, 5) is 23.1. The lowest BCUT2D eigenvalue weighted by Gasteiger charge is -2.28. The van der Waals surface area contributed by atoms with E-state index in [0.717, 1.165) is 6.54 Å². The molecule has 104 valence electrons. The van der Waals surface area contributed by atoms with Gasteiger partial charge in [0.05, 0.1) is 6.04 Å². The molecule has 1 aliphatic rings. The third kappa shape index (κ3) is 5.46. The van der Waals surface area contributed by atoms with E-state index in [-0.39, 0.29) is 23.9 Å². The zero-order chi connectivity index (χ0) is 13.5. The van der Waals surface area contributed by atoms with Crippen molar-refractivity contribution in [1.29, 1.82) is 0 Å². The van der Waals surface area contributed by atoms with Gasteiger partial charge in [0.1, 0.15) is 0 Å². The Balaban J connectivity index is 2.15. The van der Waals surface area contributed by atoms with E-state index in [1.54, 1.807) is 0 Å². The van der Waals surface area contributed by atoms with E-state index in [9.17, 15) is 9.59 Å². The lowest BCUT2D eigenvalue weighted by molar-refractivity contribution is -0.124. The average Bonchev–Trinajstić information content (AvgIpc) is 2.28. The number of carbonyl (C=O) groups excluding carboxylic acids is 2. The highest BCUT2D eigenvalue weighted by atomic mass is 16.2. The van der Waals surface area contributed by atoms with Crippen molar-refractivity contribution in [3.63, 3.8) is 0 Å². The molecule has 0 aliphatic carbocycles. The van der Waals surface area contributed by atoms with Crippen molar-refractivity contribution in [2.75, 3.05) is 19.6 Å². The van der Waals surface area contributed by atoms with Crippen LogP contribution in [0.1, 0.15) is 27.2 Å². The summed E-state index contributed by atoms with van der Waals surface area (Å²) in [5, 5.41) is 12.0. The molecule has 1 heterocycles. The van der Waals surface area contributed by atoms with Gasteiger partial charge in [0, 0.05) is 38.1 Å². The van der Waals surface area contributed by atoms with Gasteiger partial charge in [0.2, 0.25) is 11.8 Å². The number of hydrogen-bond acceptors (Lipinski definition) is 4. The number of piperazine rings is 1. The minimum absolute atomic E-state index is 0.0337. The van der Waals surface area contributed by atoms with Crippen molar-refractivity contribution < 1.29 is 9.59 Å². The molecule has 0 aromatic heterocycles. The molecule has 4 N–H and O–H groups in total. The highest BCUT2D eigenvalue weighted by Gasteiger charge is 2.22. The minimum atomic E-state index is -0.200. The summed E-state index contributed by atoms with van der Waals surface area (Å²) in [6.45, 7) is 7.68. The van der Waals surface area contributed by atoms with Crippen molar-refractivity contribution in [1.82, 2.24) is 21.3 Å². The van der Waals surface area contributed by atoms with E-state index in [2.05, 4.69) is 28.2 Å². The Morgan fingerprint density at radius 2 is 2.00 bits per heavy atom. The van der Waals surface area contributed by atoms with E-state index in [0.29, 0.717) is 25.6 Å². The summed E-state index contributed by atoms with van der Waals surface area (Å²) in [6, 6.07) is 0.333. The molecule has 2 atom stereocenters. The first kappa shape index (κ1) is 14.9. The van der Waals surface area contributed by atoms with Gasteiger partial charge in [-0.1, -0.05) is 0 Å². The standard InChI is InChI=1S/C12H24N4O2/c1-8(2)16-11(17)4-5-13-12(18)10-7-14-9(3)6-15-10/h8-10,14-15H,4-7H2,1-3H3,(H,13,18)(H,16,17). The predicted molar refractivity (Wildman–Crippen MR) is 70.2 cm³/mol. The minimum Gasteiger partial charge on any atom is -0.354 e. The number of amides is 2. The van der Waals surface area contributed by atoms with Crippen molar-refractivity contribution in [2.24, 2.45) is 0 Å². The van der Waals surface area contributed by atoms with Crippen molar-refractivity contribution in [3.05, 3.63) is 0 Å². The third-order valence-electron chi connectivity index (χ3n) is 2.76. The van der Waals surface area contributed by atoms with Gasteiger partial charge in [-0.25, -0.2) is 0 Å². The summed E-state index contributed by atoms with van der Waals surface area (Å²) in [5.74, 6) is -0.0830. The Morgan fingerprint density at radius 3 is 2.56 bits per heavy atom. The predicted octanol–water partition coefficient (Wildman–Crippen LogP) is -1.03. The van der Waals surface area contributed by atoms with E-state index in [1.807, 2.05) is 13.8 Å². The van der Waals surface area contributed by atoms with Crippen molar-refractivity contribution in [2.45, 2.75) is 45.3 Å². The molecule has 0 aromatic carbocycles. The quantitative estimate of drug-likeness (QED) is 0.507. The fourth-order valence-electron chi connectivity index (χ4n) is 1.78. The zero-order valence-corrected chi connectivity index (χ0v) is 11.4. The smallest absolute Gasteiger partial charge is 0.238 e. The summed E-state index contributed by atoms with van der Waals surface area (Å²) in [7, 11) is 0. The van der Waals surface area contributed by atoms with E-state index >= 15 is 0 Å². The molecule has 0 aromatic rings. The van der Waals surface area contributed by atoms with Crippen LogP contribution in [0, 0.1) is 0 Å². The largest absolute Gasteiger partial charge is 0.354 e. The molecule has 2 unspecified atom stereocenters. The first-order chi connectivity index (χ1) is 8.49. The zero-order valence-electron chi connectivity index (χ0n) is 11.4. The fraction of sp³-hybridized carbons (Fsp3) is 0.833. The van der Waals surface area contributed by atoms with Gasteiger partial charge in [-0.2, -0.15) is 0 Å². The van der Waals surface area contributed by atoms with E-state index in [4.69, 9.17) is 0 Å². The molecular formula is C12H24N4O2. The van der Waals surface area contributed by atoms with Gasteiger partial charge >= 0.3 is 0 Å². The monoisotopic (exact) mass is 256 g/mol. The Labute approximate surface area is 108 Å². The van der Waals surface area contributed by atoms with Crippen LogP contribution in [0.4, 0.5) is 0 Å². The van der Waals surface area contributed by atoms with Crippen LogP contribution in [0.2, 0.25) is 0 Å². The first-order valence-corrected chi connectivity index (χ1v) is 6.53. The van der Waals surface area contributed by atoms with Crippen LogP contribution in [0.3, 0.4) is 0 Å². The summed E-state index contributed by atoms with van der Waals surface area (Å²) in [6.07, 6.45) is 0.320. The van der Waals surface area contributed by atoms with Gasteiger partial charge in [-0.15, -0.1) is 0 Å². The van der Waals surface area contributed by atoms with E-state index in [1.165, 1.54) is 0 Å². The first-order valence-electron chi connectivity index (χ1n) is 6.53. The number of hydrogen-bond donors (Lipinski definition) is 4. The second-order valence-corrected chi connectivity index (χ2v) is 5.03. The maximum absolute atomic E-state index is 11.8. The lowest BCUT2D eigenvalue weighted by Crippen LogP contribution is -2.59. The molecule has 0 radical (unpaired) electrons. The Bertz CT molecular complexity index is 286. The van der Waals surface area contributed by atoms with Gasteiger partial charge in [-0.05, 0) is 20.8 Å². The molecule has 18 heavy (non-hydrogen) atoms. The average molecular weight is 256 g/mol. The molecule has 1 rings (SSSR count). The normalized spacial score (nSPS) is 23.8. The number of carbonyl (C=O) groups is 2. The second kappa shape index (κ2) is 7.33. The SMILES string of the molecule is CC(C)NC(=O)CCNC(=O)C1CNC(C)CN1. The third-order valence-corrected chi connectivity index (χ3v) is 2.76. The highest BCUT2D eigenvalue weighted by Crippen LogP contribution is 1.93. The van der Waals surface area contributed by atoms with Crippen LogP contribution < -0.4 is 21.3 Å². The highest BCUT2D eigenvalue weighted by molar-refractivity contribution is 5.83. The topological polar surface area (TPSA) is 82.3 Å². The molecule has 0 bridgehead atoms. The van der Waals surface area contributed by atoms with Crippen LogP contribution >= 0.6 is 0 Å². The van der Waals surface area contributed by atoms with Gasteiger partial charge in [0.15, 0.2) is 0 Å². The molecule has 1 saturated heterocycles. The summed E-state index contributed by atoms with van der Waals surface area (Å²) < 4.78 is 0. The molecule has 1 fully saturated rings. The molecule has 2 amide bonds. The van der Waals surface area contributed by atoms with Crippen LogP contribution in [0.25, 0.3) is 0 Å². The van der Waals surface area contributed by atoms with Crippen LogP contribution in [-0.4, -0.2) is 49.6 Å². The second-order valence-electron chi connectivity index (χ2n) is 5.03. The van der Waals surface area contributed by atoms with E-state index < -0.39 is 0 Å². The Kier molecular flexibility index (Phi) is 6.07. The van der Waals surface area contributed by atoms with Crippen LogP contribution in [0.5, 0.6) is 0 Å². The van der Waals surface area contributed by atoms with Crippen molar-refractivity contribution >= 4 is 11.8 Å². The van der Waals surface area contributed by atoms with Crippen LogP contribution in [0.15, 0.2) is 0 Å². The maximum atomic E-state index is 11.8. The summed E-state index contributed by atoms with van der Waals surface area (Å²) >= 11 is 0. The van der Waals surface area contributed by atoms with Gasteiger partial charge in [-0.3, -0.25) is 9.59 Å². The molecule has 6 nitrogen and oxygen atoms in total. The molecule has 0 saturated carbocycles. The molecule has 0 spiro atoms. The Hall–Kier alpha value is -1.14. The lowest BCUT2D eigenvalue weighted by atomic mass is 10.1. The number of nitrogens with one attached hydrogen (secondary N) is 4. The van der Waals surface area contributed by atoms with Crippen LogP contribution in [-0.2, 0) is 9.59 Å². The number of rotatable bonds is 5. The summed E-state index contributed by atoms with van der Waals surface area (Å²) in [5.41, 5.74) is 0. The van der Waals surface area contributed by atoms with Gasteiger partial charge < -0.3 is 21.3 Å². The van der Waals surface area contributed by atoms with Crippen molar-refractivity contribution in [3.8, 4) is 0 Å². The fourth-order valence-corrected chi connectivity index (χ4v) is 1.78. The Morgan fingerprint density at radius 1 is 1.28 bits per heavy atom. The molecule has 6 heteroatoms. The maximum Gasteiger partial charge on any atom is 0.238 e.